The molecule has 2 rings (SSSR count). The lowest BCUT2D eigenvalue weighted by molar-refractivity contribution is 0.111. The number of methoxy groups -OCH3 is 3. The number of rotatable bonds is 5. The van der Waals surface area contributed by atoms with Crippen molar-refractivity contribution in [1.29, 1.82) is 0 Å². The topological polar surface area (TPSA) is 49.7 Å². The van der Waals surface area contributed by atoms with Gasteiger partial charge in [0.25, 0.3) is 0 Å². The van der Waals surface area contributed by atoms with E-state index in [4.69, 9.17) is 14.2 Å². The first-order chi connectivity index (χ1) is 9.24. The molecule has 0 aliphatic heterocycles. The molecule has 5 heteroatoms. The Morgan fingerprint density at radius 2 is 1.68 bits per heavy atom. The third kappa shape index (κ3) is 2.27. The fraction of sp³-hybridized carbons (Fsp3) is 0.214. The molecule has 1 heterocycles. The van der Waals surface area contributed by atoms with Gasteiger partial charge in [-0.1, -0.05) is 0 Å². The third-order valence-electron chi connectivity index (χ3n) is 2.83. The van der Waals surface area contributed by atoms with Crippen molar-refractivity contribution < 1.29 is 19.0 Å². The molecule has 0 unspecified atom stereocenters. The van der Waals surface area contributed by atoms with Gasteiger partial charge in [0.2, 0.25) is 0 Å². The van der Waals surface area contributed by atoms with Crippen LogP contribution in [0.15, 0.2) is 30.5 Å². The Hall–Kier alpha value is -2.43. The Labute approximate surface area is 111 Å². The van der Waals surface area contributed by atoms with Gasteiger partial charge in [-0.05, 0) is 12.1 Å². The van der Waals surface area contributed by atoms with E-state index >= 15 is 0 Å². The summed E-state index contributed by atoms with van der Waals surface area (Å²) in [6.45, 7) is 0. The van der Waals surface area contributed by atoms with Gasteiger partial charge in [-0.3, -0.25) is 4.79 Å². The van der Waals surface area contributed by atoms with Crippen LogP contribution in [0.1, 0.15) is 10.5 Å². The van der Waals surface area contributed by atoms with Gasteiger partial charge in [0.15, 0.2) is 6.29 Å². The molecule has 0 saturated heterocycles. The maximum atomic E-state index is 11.1. The van der Waals surface area contributed by atoms with Crippen molar-refractivity contribution in [1.82, 2.24) is 4.57 Å². The normalized spacial score (nSPS) is 10.1. The van der Waals surface area contributed by atoms with Crippen molar-refractivity contribution in [2.45, 2.75) is 0 Å². The van der Waals surface area contributed by atoms with Gasteiger partial charge in [0.1, 0.15) is 22.9 Å². The lowest BCUT2D eigenvalue weighted by Gasteiger charge is -2.16. The molecule has 0 aliphatic carbocycles. The zero-order valence-electron chi connectivity index (χ0n) is 11.0. The molecule has 0 aliphatic rings. The van der Waals surface area contributed by atoms with Crippen LogP contribution < -0.4 is 14.2 Å². The Morgan fingerprint density at radius 1 is 1.05 bits per heavy atom. The molecule has 100 valence electrons. The lowest BCUT2D eigenvalue weighted by atomic mass is 10.2. The largest absolute Gasteiger partial charge is 0.496 e. The second kappa shape index (κ2) is 5.48. The predicted molar refractivity (Wildman–Crippen MR) is 70.8 cm³/mol. The minimum atomic E-state index is 0.516. The van der Waals surface area contributed by atoms with Gasteiger partial charge < -0.3 is 18.8 Å². The van der Waals surface area contributed by atoms with E-state index in [-0.39, 0.29) is 0 Å². The van der Waals surface area contributed by atoms with Crippen LogP contribution in [0, 0.1) is 0 Å². The molecule has 0 fully saturated rings. The van der Waals surface area contributed by atoms with Crippen LogP contribution >= 0.6 is 0 Å². The summed E-state index contributed by atoms with van der Waals surface area (Å²) < 4.78 is 17.6. The number of ether oxygens (including phenoxy) is 3. The van der Waals surface area contributed by atoms with Crippen LogP contribution in [0.4, 0.5) is 0 Å². The minimum absolute atomic E-state index is 0.516. The average Bonchev–Trinajstić information content (AvgIpc) is 2.93. The molecule has 0 spiro atoms. The van der Waals surface area contributed by atoms with E-state index in [1.165, 1.54) is 0 Å². The smallest absolute Gasteiger partial charge is 0.166 e. The highest BCUT2D eigenvalue weighted by atomic mass is 16.5. The van der Waals surface area contributed by atoms with Gasteiger partial charge in [-0.25, -0.2) is 0 Å². The highest BCUT2D eigenvalue weighted by molar-refractivity contribution is 5.75. The van der Waals surface area contributed by atoms with Crippen LogP contribution in [0.2, 0.25) is 0 Å². The van der Waals surface area contributed by atoms with Crippen molar-refractivity contribution in [2.75, 3.05) is 21.3 Å². The highest BCUT2D eigenvalue weighted by Crippen LogP contribution is 2.37. The minimum Gasteiger partial charge on any atom is -0.496 e. The molecule has 0 bridgehead atoms. The summed E-state index contributed by atoms with van der Waals surface area (Å²) in [5, 5.41) is 0. The second-order valence-corrected chi connectivity index (χ2v) is 3.80. The molecule has 0 N–H and O–H groups in total. The third-order valence-corrected chi connectivity index (χ3v) is 2.83. The molecular weight excluding hydrogens is 246 g/mol. The number of benzene rings is 1. The first-order valence-electron chi connectivity index (χ1n) is 5.68. The number of aromatic nitrogens is 1. The summed E-state index contributed by atoms with van der Waals surface area (Å²) in [7, 11) is 4.68. The molecule has 0 amide bonds. The molecular formula is C14H15NO4. The SMILES string of the molecule is COc1cc(OC)c(-n2cccc2C=O)c(OC)c1. The Balaban J connectivity index is 2.70. The van der Waals surface area contributed by atoms with E-state index in [9.17, 15) is 4.79 Å². The number of nitrogens with zero attached hydrogens (tertiary/aromatic N) is 1. The molecule has 2 aromatic rings. The lowest BCUT2D eigenvalue weighted by Crippen LogP contribution is -2.04. The standard InChI is InChI=1S/C14H15NO4/c1-17-11-7-12(18-2)14(13(8-11)19-3)15-6-4-5-10(15)9-16/h4-9H,1-3H3. The van der Waals surface area contributed by atoms with E-state index in [1.54, 1.807) is 56.4 Å². The number of aldehydes is 1. The van der Waals surface area contributed by atoms with Gasteiger partial charge in [-0.15, -0.1) is 0 Å². The first-order valence-corrected chi connectivity index (χ1v) is 5.68. The monoisotopic (exact) mass is 261 g/mol. The van der Waals surface area contributed by atoms with E-state index in [2.05, 4.69) is 0 Å². The summed E-state index contributed by atoms with van der Waals surface area (Å²) in [5.41, 5.74) is 1.18. The van der Waals surface area contributed by atoms with E-state index in [1.807, 2.05) is 0 Å². The quantitative estimate of drug-likeness (QED) is 0.775. The van der Waals surface area contributed by atoms with E-state index in [0.29, 0.717) is 28.6 Å². The fourth-order valence-electron chi connectivity index (χ4n) is 1.92. The maximum absolute atomic E-state index is 11.1. The maximum Gasteiger partial charge on any atom is 0.166 e. The Bertz CT molecular complexity index is 564. The van der Waals surface area contributed by atoms with Crippen LogP contribution in [-0.2, 0) is 0 Å². The van der Waals surface area contributed by atoms with Gasteiger partial charge in [0.05, 0.1) is 27.0 Å². The molecule has 19 heavy (non-hydrogen) atoms. The zero-order valence-corrected chi connectivity index (χ0v) is 11.0. The van der Waals surface area contributed by atoms with Crippen LogP contribution in [0.25, 0.3) is 5.69 Å². The van der Waals surface area contributed by atoms with E-state index in [0.717, 1.165) is 6.29 Å². The molecule has 0 saturated carbocycles. The van der Waals surface area contributed by atoms with Crippen molar-refractivity contribution in [2.24, 2.45) is 0 Å². The summed E-state index contributed by atoms with van der Waals surface area (Å²) in [6.07, 6.45) is 2.56. The number of carbonyl (C=O) groups is 1. The molecule has 5 nitrogen and oxygen atoms in total. The summed E-state index contributed by atoms with van der Waals surface area (Å²) >= 11 is 0. The van der Waals surface area contributed by atoms with E-state index < -0.39 is 0 Å². The van der Waals surface area contributed by atoms with Crippen molar-refractivity contribution in [3.63, 3.8) is 0 Å². The van der Waals surface area contributed by atoms with Crippen LogP contribution in [0.5, 0.6) is 17.2 Å². The van der Waals surface area contributed by atoms with Crippen molar-refractivity contribution >= 4 is 6.29 Å². The number of carbonyl (C=O) groups excluding carboxylic acids is 1. The highest BCUT2D eigenvalue weighted by Gasteiger charge is 2.16. The first kappa shape index (κ1) is 13.0. The second-order valence-electron chi connectivity index (χ2n) is 3.80. The number of hydrogen-bond donors (Lipinski definition) is 0. The molecule has 0 atom stereocenters. The van der Waals surface area contributed by atoms with Gasteiger partial charge in [0, 0.05) is 18.3 Å². The molecule has 1 aromatic heterocycles. The zero-order chi connectivity index (χ0) is 13.8. The van der Waals surface area contributed by atoms with Crippen LogP contribution in [0.3, 0.4) is 0 Å². The van der Waals surface area contributed by atoms with Crippen molar-refractivity contribution in [3.05, 3.63) is 36.2 Å². The molecule has 1 aromatic carbocycles. The van der Waals surface area contributed by atoms with Gasteiger partial charge >= 0.3 is 0 Å². The fourth-order valence-corrected chi connectivity index (χ4v) is 1.92. The molecule has 0 radical (unpaired) electrons. The number of hydrogen-bond acceptors (Lipinski definition) is 4. The average molecular weight is 261 g/mol. The summed E-state index contributed by atoms with van der Waals surface area (Å²) in [4.78, 5) is 11.1. The van der Waals surface area contributed by atoms with Crippen LogP contribution in [-0.4, -0.2) is 32.2 Å². The predicted octanol–water partition coefficient (Wildman–Crippen LogP) is 2.32. The Morgan fingerprint density at radius 3 is 2.16 bits per heavy atom. The summed E-state index contributed by atoms with van der Waals surface area (Å²) in [6, 6.07) is 6.99. The Kier molecular flexibility index (Phi) is 3.75. The summed E-state index contributed by atoms with van der Waals surface area (Å²) in [5.74, 6) is 1.75. The van der Waals surface area contributed by atoms with Gasteiger partial charge in [-0.2, -0.15) is 0 Å². The van der Waals surface area contributed by atoms with Crippen molar-refractivity contribution in [3.8, 4) is 22.9 Å².